The number of rotatable bonds is 6. The Kier molecular flexibility index (Phi) is 7.35. The van der Waals surface area contributed by atoms with Gasteiger partial charge < -0.3 is 9.64 Å². The summed E-state index contributed by atoms with van der Waals surface area (Å²) >= 11 is 12.1. The highest BCUT2D eigenvalue weighted by molar-refractivity contribution is 6.37. The smallest absolute Gasteiger partial charge is 0.272 e. The minimum atomic E-state index is -0.610. The SMILES string of the molecule is C[C@@H]1CN(C(=O)COc2c(Cl)cc([N+](=O)[O-])cc2Cl)[C@@H](C)CN1Cc1ccc(F)cc1. The number of nitrogens with zero attached hydrogens (tertiary/aromatic N) is 3. The molecule has 2 aromatic carbocycles. The second kappa shape index (κ2) is 9.80. The zero-order valence-corrected chi connectivity index (χ0v) is 18.6. The molecule has 0 bridgehead atoms. The van der Waals surface area contributed by atoms with E-state index >= 15 is 0 Å². The van der Waals surface area contributed by atoms with Gasteiger partial charge in [0.15, 0.2) is 12.4 Å². The average molecular weight is 470 g/mol. The normalized spacial score (nSPS) is 19.3. The van der Waals surface area contributed by atoms with Gasteiger partial charge in [0.1, 0.15) is 5.82 Å². The summed E-state index contributed by atoms with van der Waals surface area (Å²) in [4.78, 5) is 27.0. The zero-order valence-electron chi connectivity index (χ0n) is 17.1. The summed E-state index contributed by atoms with van der Waals surface area (Å²) in [6.07, 6.45) is 0. The standard InChI is InChI=1S/C21H22Cl2FN3O4/c1-13-10-26(14(2)9-25(13)11-15-3-5-16(24)6-4-15)20(28)12-31-21-18(22)7-17(27(29)30)8-19(21)23/h3-8,13-14H,9-12H2,1-2H3/t13-,14+/m1/s1. The molecule has 0 saturated carbocycles. The minimum Gasteiger partial charge on any atom is -0.481 e. The van der Waals surface area contributed by atoms with Crippen LogP contribution < -0.4 is 4.74 Å². The Labute approximate surface area is 189 Å². The summed E-state index contributed by atoms with van der Waals surface area (Å²) in [6, 6.07) is 8.70. The van der Waals surface area contributed by atoms with Crippen molar-refractivity contribution in [1.82, 2.24) is 9.80 Å². The molecule has 0 aromatic heterocycles. The lowest BCUT2D eigenvalue weighted by molar-refractivity contribution is -0.384. The molecule has 166 valence electrons. The van der Waals surface area contributed by atoms with Gasteiger partial charge in [-0.25, -0.2) is 4.39 Å². The molecule has 1 heterocycles. The van der Waals surface area contributed by atoms with Crippen LogP contribution in [0.5, 0.6) is 5.75 Å². The maximum Gasteiger partial charge on any atom is 0.272 e. The van der Waals surface area contributed by atoms with Gasteiger partial charge in [0.2, 0.25) is 0 Å². The lowest BCUT2D eigenvalue weighted by atomic mass is 10.1. The van der Waals surface area contributed by atoms with Gasteiger partial charge in [0, 0.05) is 43.9 Å². The van der Waals surface area contributed by atoms with Crippen molar-refractivity contribution in [3.8, 4) is 5.75 Å². The lowest BCUT2D eigenvalue weighted by Gasteiger charge is -2.44. The molecule has 3 rings (SSSR count). The van der Waals surface area contributed by atoms with Gasteiger partial charge in [0.25, 0.3) is 11.6 Å². The molecular weight excluding hydrogens is 448 g/mol. The van der Waals surface area contributed by atoms with E-state index in [1.807, 2.05) is 13.8 Å². The third kappa shape index (κ3) is 5.64. The van der Waals surface area contributed by atoms with Gasteiger partial charge in [-0.05, 0) is 31.5 Å². The van der Waals surface area contributed by atoms with E-state index in [9.17, 15) is 19.3 Å². The van der Waals surface area contributed by atoms with Crippen LogP contribution in [0.25, 0.3) is 0 Å². The molecule has 31 heavy (non-hydrogen) atoms. The van der Waals surface area contributed by atoms with Crippen molar-refractivity contribution in [2.45, 2.75) is 32.5 Å². The van der Waals surface area contributed by atoms with E-state index in [1.54, 1.807) is 17.0 Å². The molecule has 1 aliphatic heterocycles. The van der Waals surface area contributed by atoms with E-state index in [4.69, 9.17) is 27.9 Å². The summed E-state index contributed by atoms with van der Waals surface area (Å²) in [5.74, 6) is -0.460. The molecule has 7 nitrogen and oxygen atoms in total. The fraction of sp³-hybridized carbons (Fsp3) is 0.381. The molecule has 1 aliphatic rings. The largest absolute Gasteiger partial charge is 0.481 e. The monoisotopic (exact) mass is 469 g/mol. The Morgan fingerprint density at radius 2 is 1.77 bits per heavy atom. The van der Waals surface area contributed by atoms with Crippen LogP contribution in [0.3, 0.4) is 0 Å². The fourth-order valence-electron chi connectivity index (χ4n) is 3.60. The van der Waals surface area contributed by atoms with E-state index in [0.717, 1.165) is 17.7 Å². The van der Waals surface area contributed by atoms with Crippen LogP contribution in [0.2, 0.25) is 10.0 Å². The van der Waals surface area contributed by atoms with Crippen LogP contribution in [0.15, 0.2) is 36.4 Å². The summed E-state index contributed by atoms with van der Waals surface area (Å²) in [5, 5.41) is 10.8. The first-order valence-electron chi connectivity index (χ1n) is 9.70. The Bertz CT molecular complexity index is 951. The third-order valence-electron chi connectivity index (χ3n) is 5.27. The van der Waals surface area contributed by atoms with E-state index in [1.165, 1.54) is 12.1 Å². The number of carbonyl (C=O) groups excluding carboxylic acids is 1. The number of benzene rings is 2. The molecule has 0 N–H and O–H groups in total. The fourth-order valence-corrected chi connectivity index (χ4v) is 4.18. The number of non-ortho nitro benzene ring substituents is 1. The predicted octanol–water partition coefficient (Wildman–Crippen LogP) is 4.54. The molecule has 10 heteroatoms. The molecule has 0 spiro atoms. The van der Waals surface area contributed by atoms with Gasteiger partial charge in [-0.3, -0.25) is 19.8 Å². The molecule has 1 amide bonds. The Hall–Kier alpha value is -2.42. The van der Waals surface area contributed by atoms with E-state index < -0.39 is 4.92 Å². The van der Waals surface area contributed by atoms with E-state index in [-0.39, 0.29) is 51.9 Å². The second-order valence-electron chi connectivity index (χ2n) is 7.58. The summed E-state index contributed by atoms with van der Waals surface area (Å²) in [5.41, 5.74) is 0.749. The average Bonchev–Trinajstić information content (AvgIpc) is 2.71. The summed E-state index contributed by atoms with van der Waals surface area (Å²) < 4.78 is 18.6. The number of halogens is 3. The number of carbonyl (C=O) groups is 1. The lowest BCUT2D eigenvalue weighted by Crippen LogP contribution is -2.58. The highest BCUT2D eigenvalue weighted by atomic mass is 35.5. The third-order valence-corrected chi connectivity index (χ3v) is 5.83. The van der Waals surface area contributed by atoms with Crippen molar-refractivity contribution in [2.24, 2.45) is 0 Å². The van der Waals surface area contributed by atoms with Crippen LogP contribution in [-0.4, -0.2) is 52.4 Å². The molecule has 2 aromatic rings. The highest BCUT2D eigenvalue weighted by Crippen LogP contribution is 2.36. The quantitative estimate of drug-likeness (QED) is 0.458. The van der Waals surface area contributed by atoms with Crippen LogP contribution >= 0.6 is 23.2 Å². The molecule has 0 unspecified atom stereocenters. The van der Waals surface area contributed by atoms with Crippen LogP contribution in [-0.2, 0) is 11.3 Å². The summed E-state index contributed by atoms with van der Waals surface area (Å²) in [6.45, 7) is 5.52. The van der Waals surface area contributed by atoms with Gasteiger partial charge in [0.05, 0.1) is 15.0 Å². The number of piperazine rings is 1. The first-order valence-corrected chi connectivity index (χ1v) is 10.5. The number of nitro benzene ring substituents is 1. The van der Waals surface area contributed by atoms with Crippen molar-refractivity contribution in [3.63, 3.8) is 0 Å². The minimum absolute atomic E-state index is 0.0301. The van der Waals surface area contributed by atoms with Gasteiger partial charge in [-0.15, -0.1) is 0 Å². The Morgan fingerprint density at radius 1 is 1.16 bits per heavy atom. The molecule has 2 atom stereocenters. The molecule has 0 aliphatic carbocycles. The Morgan fingerprint density at radius 3 is 2.35 bits per heavy atom. The van der Waals surface area contributed by atoms with Crippen molar-refractivity contribution in [1.29, 1.82) is 0 Å². The molecule has 0 radical (unpaired) electrons. The summed E-state index contributed by atoms with van der Waals surface area (Å²) in [7, 11) is 0. The van der Waals surface area contributed by atoms with Crippen LogP contribution in [0.1, 0.15) is 19.4 Å². The van der Waals surface area contributed by atoms with Crippen LogP contribution in [0, 0.1) is 15.9 Å². The van der Waals surface area contributed by atoms with Gasteiger partial charge >= 0.3 is 0 Å². The van der Waals surface area contributed by atoms with Crippen molar-refractivity contribution in [3.05, 3.63) is 67.9 Å². The van der Waals surface area contributed by atoms with Gasteiger partial charge in [-0.1, -0.05) is 35.3 Å². The van der Waals surface area contributed by atoms with Crippen molar-refractivity contribution >= 4 is 34.8 Å². The van der Waals surface area contributed by atoms with Gasteiger partial charge in [-0.2, -0.15) is 0 Å². The number of hydrogen-bond donors (Lipinski definition) is 0. The Balaban J connectivity index is 1.60. The first-order chi connectivity index (χ1) is 14.7. The maximum atomic E-state index is 13.1. The second-order valence-corrected chi connectivity index (χ2v) is 8.40. The molecular formula is C21H22Cl2FN3O4. The van der Waals surface area contributed by atoms with Crippen molar-refractivity contribution < 1.29 is 18.8 Å². The van der Waals surface area contributed by atoms with E-state index in [0.29, 0.717) is 19.6 Å². The maximum absolute atomic E-state index is 13.1. The number of amides is 1. The van der Waals surface area contributed by atoms with Crippen molar-refractivity contribution in [2.75, 3.05) is 19.7 Å². The molecule has 1 saturated heterocycles. The van der Waals surface area contributed by atoms with E-state index in [2.05, 4.69) is 4.90 Å². The van der Waals surface area contributed by atoms with Crippen LogP contribution in [0.4, 0.5) is 10.1 Å². The molecule has 1 fully saturated rings. The number of ether oxygens (including phenoxy) is 1. The number of hydrogen-bond acceptors (Lipinski definition) is 5. The first kappa shape index (κ1) is 23.2. The predicted molar refractivity (Wildman–Crippen MR) is 116 cm³/mol. The zero-order chi connectivity index (χ0) is 22.7. The highest BCUT2D eigenvalue weighted by Gasteiger charge is 2.32. The topological polar surface area (TPSA) is 75.9 Å². The number of nitro groups is 1.